The quantitative estimate of drug-likeness (QED) is 0.823. The number of ether oxygens (including phenoxy) is 1. The molecule has 0 spiro atoms. The minimum atomic E-state index is -0.115. The van der Waals surface area contributed by atoms with E-state index in [0.717, 1.165) is 42.1 Å². The Hall–Kier alpha value is -2.86. The van der Waals surface area contributed by atoms with Crippen molar-refractivity contribution in [1.29, 1.82) is 0 Å². The largest absolute Gasteiger partial charge is 0.380 e. The van der Waals surface area contributed by atoms with Gasteiger partial charge in [0.2, 0.25) is 11.8 Å². The number of carbonyl (C=O) groups is 2. The number of anilines is 3. The highest BCUT2D eigenvalue weighted by Gasteiger charge is 2.22. The molecule has 0 aliphatic carbocycles. The average molecular weight is 367 g/mol. The zero-order chi connectivity index (χ0) is 19.2. The van der Waals surface area contributed by atoms with Gasteiger partial charge in [0.25, 0.3) is 0 Å². The summed E-state index contributed by atoms with van der Waals surface area (Å²) in [7, 11) is 1.75. The Labute approximate surface area is 159 Å². The highest BCUT2D eigenvalue weighted by molar-refractivity contribution is 5.92. The summed E-state index contributed by atoms with van der Waals surface area (Å²) >= 11 is 0. The number of nitrogens with zero attached hydrogens (tertiary/aromatic N) is 1. The Balaban J connectivity index is 1.52. The van der Waals surface area contributed by atoms with Crippen LogP contribution in [-0.2, 0) is 20.7 Å². The maximum Gasteiger partial charge on any atom is 0.228 e. The molecule has 1 fully saturated rings. The van der Waals surface area contributed by atoms with Crippen molar-refractivity contribution < 1.29 is 14.3 Å². The molecule has 1 unspecified atom stereocenters. The Morgan fingerprint density at radius 1 is 1.04 bits per heavy atom. The van der Waals surface area contributed by atoms with Gasteiger partial charge < -0.3 is 20.3 Å². The Bertz CT molecular complexity index is 787. The van der Waals surface area contributed by atoms with E-state index in [1.165, 1.54) is 6.92 Å². The molecule has 3 rings (SSSR count). The van der Waals surface area contributed by atoms with E-state index in [9.17, 15) is 9.59 Å². The summed E-state index contributed by atoms with van der Waals surface area (Å²) < 4.78 is 5.40. The maximum absolute atomic E-state index is 12.3. The normalized spacial score (nSPS) is 16.2. The number of carbonyl (C=O) groups excluding carboxylic acids is 2. The van der Waals surface area contributed by atoms with Gasteiger partial charge in [-0.05, 0) is 48.4 Å². The monoisotopic (exact) mass is 367 g/mol. The molecule has 1 aliphatic rings. The van der Waals surface area contributed by atoms with Crippen molar-refractivity contribution in [3.8, 4) is 0 Å². The molecule has 1 aliphatic heterocycles. The van der Waals surface area contributed by atoms with E-state index in [4.69, 9.17) is 4.74 Å². The first-order valence-electron chi connectivity index (χ1n) is 9.07. The Kier molecular flexibility index (Phi) is 6.08. The van der Waals surface area contributed by atoms with Crippen LogP contribution in [0.3, 0.4) is 0 Å². The predicted octanol–water partition coefficient (Wildman–Crippen LogP) is 3.05. The summed E-state index contributed by atoms with van der Waals surface area (Å²) in [4.78, 5) is 25.6. The Morgan fingerprint density at radius 3 is 2.26 bits per heavy atom. The summed E-state index contributed by atoms with van der Waals surface area (Å²) in [5, 5.41) is 5.63. The Morgan fingerprint density at radius 2 is 1.67 bits per heavy atom. The molecule has 2 N–H and O–H groups in total. The molecule has 0 radical (unpaired) electrons. The van der Waals surface area contributed by atoms with E-state index in [1.54, 1.807) is 19.2 Å². The van der Waals surface area contributed by atoms with Crippen molar-refractivity contribution in [2.45, 2.75) is 25.9 Å². The molecule has 1 heterocycles. The van der Waals surface area contributed by atoms with Crippen LogP contribution in [-0.4, -0.2) is 38.1 Å². The van der Waals surface area contributed by atoms with Crippen molar-refractivity contribution in [3.63, 3.8) is 0 Å². The van der Waals surface area contributed by atoms with Gasteiger partial charge in [-0.3, -0.25) is 9.59 Å². The first-order chi connectivity index (χ1) is 13.0. The number of methoxy groups -OCH3 is 1. The van der Waals surface area contributed by atoms with Gasteiger partial charge in [0.15, 0.2) is 0 Å². The van der Waals surface area contributed by atoms with Crippen LogP contribution >= 0.6 is 0 Å². The molecule has 1 atom stereocenters. The van der Waals surface area contributed by atoms with Crippen LogP contribution in [0.25, 0.3) is 0 Å². The van der Waals surface area contributed by atoms with Gasteiger partial charge in [-0.2, -0.15) is 0 Å². The lowest BCUT2D eigenvalue weighted by Crippen LogP contribution is -2.22. The van der Waals surface area contributed by atoms with Crippen molar-refractivity contribution in [2.24, 2.45) is 0 Å². The fourth-order valence-corrected chi connectivity index (χ4v) is 3.21. The number of hydrogen-bond donors (Lipinski definition) is 2. The molecular formula is C21H25N3O3. The predicted molar refractivity (Wildman–Crippen MR) is 107 cm³/mol. The van der Waals surface area contributed by atoms with Gasteiger partial charge >= 0.3 is 0 Å². The molecular weight excluding hydrogens is 342 g/mol. The van der Waals surface area contributed by atoms with Crippen molar-refractivity contribution in [1.82, 2.24) is 0 Å². The second-order valence-electron chi connectivity index (χ2n) is 6.74. The van der Waals surface area contributed by atoms with Crippen LogP contribution in [0, 0.1) is 0 Å². The minimum absolute atomic E-state index is 0.0735. The molecule has 6 heteroatoms. The minimum Gasteiger partial charge on any atom is -0.380 e. The van der Waals surface area contributed by atoms with Crippen LogP contribution < -0.4 is 15.5 Å². The molecule has 2 amide bonds. The van der Waals surface area contributed by atoms with Crippen molar-refractivity contribution >= 4 is 28.9 Å². The van der Waals surface area contributed by atoms with E-state index in [1.807, 2.05) is 36.4 Å². The summed E-state index contributed by atoms with van der Waals surface area (Å²) in [5.74, 6) is -0.189. The fourth-order valence-electron chi connectivity index (χ4n) is 3.21. The summed E-state index contributed by atoms with van der Waals surface area (Å²) in [5.41, 5.74) is 3.53. The second kappa shape index (κ2) is 8.68. The highest BCUT2D eigenvalue weighted by Crippen LogP contribution is 2.23. The lowest BCUT2D eigenvalue weighted by Gasteiger charge is -2.18. The van der Waals surface area contributed by atoms with E-state index in [2.05, 4.69) is 15.5 Å². The smallest absolute Gasteiger partial charge is 0.228 e. The molecule has 1 saturated heterocycles. The van der Waals surface area contributed by atoms with Crippen LogP contribution in [0.5, 0.6) is 0 Å². The molecule has 0 saturated carbocycles. The van der Waals surface area contributed by atoms with Gasteiger partial charge in [-0.15, -0.1) is 0 Å². The number of amides is 2. The zero-order valence-electron chi connectivity index (χ0n) is 15.7. The van der Waals surface area contributed by atoms with E-state index < -0.39 is 0 Å². The van der Waals surface area contributed by atoms with E-state index in [-0.39, 0.29) is 18.2 Å². The number of rotatable bonds is 6. The third kappa shape index (κ3) is 5.31. The molecule has 6 nitrogen and oxygen atoms in total. The van der Waals surface area contributed by atoms with Gasteiger partial charge in [-0.1, -0.05) is 12.1 Å². The lowest BCUT2D eigenvalue weighted by atomic mass is 10.1. The SMILES string of the molecule is COC1CCN(c2ccc(NC(=O)Cc3ccc(NC(C)=O)cc3)cc2)C1. The lowest BCUT2D eigenvalue weighted by molar-refractivity contribution is -0.116. The molecule has 0 bridgehead atoms. The van der Waals surface area contributed by atoms with Gasteiger partial charge in [0.05, 0.1) is 12.5 Å². The molecule has 142 valence electrons. The number of hydrogen-bond acceptors (Lipinski definition) is 4. The first kappa shape index (κ1) is 18.9. The summed E-state index contributed by atoms with van der Waals surface area (Å²) in [6.45, 7) is 3.35. The molecule has 0 aromatic heterocycles. The third-order valence-corrected chi connectivity index (χ3v) is 4.63. The summed E-state index contributed by atoms with van der Waals surface area (Å²) in [6, 6.07) is 15.2. The maximum atomic E-state index is 12.3. The topological polar surface area (TPSA) is 70.7 Å². The van der Waals surface area contributed by atoms with Gasteiger partial charge in [0, 0.05) is 44.2 Å². The first-order valence-corrected chi connectivity index (χ1v) is 9.07. The van der Waals surface area contributed by atoms with Gasteiger partial charge in [0.1, 0.15) is 0 Å². The second-order valence-corrected chi connectivity index (χ2v) is 6.74. The highest BCUT2D eigenvalue weighted by atomic mass is 16.5. The van der Waals surface area contributed by atoms with E-state index >= 15 is 0 Å². The van der Waals surface area contributed by atoms with Gasteiger partial charge in [-0.25, -0.2) is 0 Å². The molecule has 2 aromatic rings. The number of nitrogens with one attached hydrogen (secondary N) is 2. The standard InChI is InChI=1S/C21H25N3O3/c1-15(25)22-17-5-3-16(4-6-17)13-21(26)23-18-7-9-19(10-8-18)24-12-11-20(14-24)27-2/h3-10,20H,11-14H2,1-2H3,(H,22,25)(H,23,26). The van der Waals surface area contributed by atoms with Crippen LogP contribution in [0.15, 0.2) is 48.5 Å². The van der Waals surface area contributed by atoms with Crippen LogP contribution in [0.2, 0.25) is 0 Å². The van der Waals surface area contributed by atoms with Crippen molar-refractivity contribution in [2.75, 3.05) is 35.7 Å². The number of benzene rings is 2. The summed E-state index contributed by atoms with van der Waals surface area (Å²) in [6.07, 6.45) is 1.61. The van der Waals surface area contributed by atoms with Crippen molar-refractivity contribution in [3.05, 3.63) is 54.1 Å². The fraction of sp³-hybridized carbons (Fsp3) is 0.333. The van der Waals surface area contributed by atoms with E-state index in [0.29, 0.717) is 6.10 Å². The van der Waals surface area contributed by atoms with Crippen LogP contribution in [0.1, 0.15) is 18.9 Å². The third-order valence-electron chi connectivity index (χ3n) is 4.63. The zero-order valence-corrected chi connectivity index (χ0v) is 15.7. The average Bonchev–Trinajstić information content (AvgIpc) is 3.13. The van der Waals surface area contributed by atoms with Crippen LogP contribution in [0.4, 0.5) is 17.1 Å². The molecule has 27 heavy (non-hydrogen) atoms. The molecule has 2 aromatic carbocycles.